The van der Waals surface area contributed by atoms with Gasteiger partial charge < -0.3 is 4.74 Å². The van der Waals surface area contributed by atoms with E-state index in [4.69, 9.17) is 6.42 Å². The number of hydrogen-bond acceptors (Lipinski definition) is 5. The monoisotopic (exact) mass is 275 g/mol. The molecule has 1 aliphatic heterocycles. The summed E-state index contributed by atoms with van der Waals surface area (Å²) >= 11 is 0.451. The van der Waals surface area contributed by atoms with E-state index >= 15 is 0 Å². The number of hydrogen-bond donors (Lipinski definition) is 1. The summed E-state index contributed by atoms with van der Waals surface area (Å²) in [5.41, 5.74) is 0. The zero-order valence-electron chi connectivity index (χ0n) is 8.87. The third kappa shape index (κ3) is 3.56. The standard InChI is InChI=1S/C10H7F2NO4S/c1-2-3-4-10(11,12)8(15)17-5-6-7(14)13-9(16)18-6/h1,5H,3-4H2,(H,13,14,16)/b6-5-. The third-order valence-corrected chi connectivity index (χ3v) is 2.59. The van der Waals surface area contributed by atoms with Gasteiger partial charge in [0.1, 0.15) is 11.2 Å². The normalized spacial score (nSPS) is 17.5. The van der Waals surface area contributed by atoms with Crippen LogP contribution in [0.15, 0.2) is 11.2 Å². The van der Waals surface area contributed by atoms with Crippen LogP contribution in [0.3, 0.4) is 0 Å². The first-order chi connectivity index (χ1) is 8.36. The van der Waals surface area contributed by atoms with Crippen LogP contribution in [0.25, 0.3) is 0 Å². The maximum atomic E-state index is 13.1. The van der Waals surface area contributed by atoms with E-state index < -0.39 is 29.5 Å². The first-order valence-electron chi connectivity index (χ1n) is 4.62. The van der Waals surface area contributed by atoms with Gasteiger partial charge in [-0.15, -0.1) is 12.3 Å². The smallest absolute Gasteiger partial charge is 0.381 e. The summed E-state index contributed by atoms with van der Waals surface area (Å²) in [5, 5.41) is 1.21. The molecule has 0 radical (unpaired) electrons. The molecule has 8 heteroatoms. The molecule has 0 saturated carbocycles. The fourth-order valence-corrected chi connectivity index (χ4v) is 1.51. The van der Waals surface area contributed by atoms with E-state index in [0.717, 1.165) is 0 Å². The maximum Gasteiger partial charge on any atom is 0.381 e. The zero-order chi connectivity index (χ0) is 13.8. The summed E-state index contributed by atoms with van der Waals surface area (Å²) in [6.07, 6.45) is 4.20. The van der Waals surface area contributed by atoms with Crippen molar-refractivity contribution in [1.82, 2.24) is 5.32 Å². The van der Waals surface area contributed by atoms with E-state index in [0.29, 0.717) is 18.0 Å². The Morgan fingerprint density at radius 1 is 1.56 bits per heavy atom. The van der Waals surface area contributed by atoms with Crippen molar-refractivity contribution in [3.63, 3.8) is 0 Å². The predicted octanol–water partition coefficient (Wildman–Crippen LogP) is 1.40. The van der Waals surface area contributed by atoms with Crippen LogP contribution >= 0.6 is 11.8 Å². The number of ether oxygens (including phenoxy) is 1. The number of halogens is 2. The van der Waals surface area contributed by atoms with Crippen molar-refractivity contribution < 1.29 is 27.9 Å². The Hall–Kier alpha value is -1.88. The Labute approximate surface area is 105 Å². The predicted molar refractivity (Wildman–Crippen MR) is 58.3 cm³/mol. The van der Waals surface area contributed by atoms with Gasteiger partial charge in [-0.05, 0) is 11.8 Å². The van der Waals surface area contributed by atoms with E-state index in [1.54, 1.807) is 0 Å². The largest absolute Gasteiger partial charge is 0.429 e. The number of carbonyl (C=O) groups excluding carboxylic acids is 3. The van der Waals surface area contributed by atoms with Crippen LogP contribution in [0, 0.1) is 12.3 Å². The number of imide groups is 1. The van der Waals surface area contributed by atoms with Crippen LogP contribution in [-0.2, 0) is 14.3 Å². The fraction of sp³-hybridized carbons (Fsp3) is 0.300. The highest BCUT2D eigenvalue weighted by Gasteiger charge is 2.40. The van der Waals surface area contributed by atoms with Gasteiger partial charge in [0.25, 0.3) is 11.1 Å². The van der Waals surface area contributed by atoms with Gasteiger partial charge in [0.05, 0.1) is 0 Å². The maximum absolute atomic E-state index is 13.1. The summed E-state index contributed by atoms with van der Waals surface area (Å²) in [6.45, 7) is 0. The van der Waals surface area contributed by atoms with E-state index in [1.807, 2.05) is 11.2 Å². The second kappa shape index (κ2) is 5.64. The molecule has 18 heavy (non-hydrogen) atoms. The molecule has 1 fully saturated rings. The molecular formula is C10H7F2NO4S. The van der Waals surface area contributed by atoms with Gasteiger partial charge in [-0.1, -0.05) is 0 Å². The van der Waals surface area contributed by atoms with Gasteiger partial charge in [0.2, 0.25) is 0 Å². The van der Waals surface area contributed by atoms with Crippen LogP contribution in [0.1, 0.15) is 12.8 Å². The minimum atomic E-state index is -3.73. The van der Waals surface area contributed by atoms with Crippen LogP contribution in [0.4, 0.5) is 13.6 Å². The molecule has 0 spiro atoms. The Bertz CT molecular complexity index is 467. The molecule has 1 N–H and O–H groups in total. The number of thioether (sulfide) groups is 1. The van der Waals surface area contributed by atoms with Crippen molar-refractivity contribution in [2.75, 3.05) is 0 Å². The van der Waals surface area contributed by atoms with Gasteiger partial charge in [0.15, 0.2) is 0 Å². The number of amides is 2. The van der Waals surface area contributed by atoms with Crippen LogP contribution < -0.4 is 5.32 Å². The third-order valence-electron chi connectivity index (χ3n) is 1.80. The number of terminal acetylenes is 1. The molecule has 1 heterocycles. The molecule has 1 saturated heterocycles. The van der Waals surface area contributed by atoms with E-state index in [2.05, 4.69) is 4.74 Å². The average Bonchev–Trinajstić information content (AvgIpc) is 2.62. The van der Waals surface area contributed by atoms with E-state index in [-0.39, 0.29) is 11.3 Å². The Morgan fingerprint density at radius 3 is 2.72 bits per heavy atom. The molecule has 0 unspecified atom stereocenters. The molecular weight excluding hydrogens is 268 g/mol. The highest BCUT2D eigenvalue weighted by Crippen LogP contribution is 2.25. The number of esters is 1. The van der Waals surface area contributed by atoms with E-state index in [1.165, 1.54) is 0 Å². The number of rotatable bonds is 4. The fourth-order valence-electron chi connectivity index (χ4n) is 0.928. The van der Waals surface area contributed by atoms with Crippen molar-refractivity contribution in [3.8, 4) is 12.3 Å². The Kier molecular flexibility index (Phi) is 4.44. The van der Waals surface area contributed by atoms with Crippen molar-refractivity contribution in [3.05, 3.63) is 11.2 Å². The van der Waals surface area contributed by atoms with Crippen molar-refractivity contribution in [2.45, 2.75) is 18.8 Å². The summed E-state index contributed by atoms with van der Waals surface area (Å²) in [6, 6.07) is 0. The molecule has 0 aromatic heterocycles. The number of nitrogens with one attached hydrogen (secondary N) is 1. The molecule has 0 aromatic carbocycles. The van der Waals surface area contributed by atoms with Crippen LogP contribution in [0.5, 0.6) is 0 Å². The molecule has 1 rings (SSSR count). The van der Waals surface area contributed by atoms with Gasteiger partial charge in [-0.25, -0.2) is 4.79 Å². The molecule has 2 amide bonds. The molecule has 1 aliphatic rings. The molecule has 5 nitrogen and oxygen atoms in total. The zero-order valence-corrected chi connectivity index (χ0v) is 9.68. The van der Waals surface area contributed by atoms with Crippen molar-refractivity contribution in [1.29, 1.82) is 0 Å². The number of alkyl halides is 2. The minimum absolute atomic E-state index is 0.263. The lowest BCUT2D eigenvalue weighted by atomic mass is 10.2. The second-order valence-electron chi connectivity index (χ2n) is 3.14. The summed E-state index contributed by atoms with van der Waals surface area (Å²) in [5.74, 6) is -4.38. The van der Waals surface area contributed by atoms with Crippen LogP contribution in [0.2, 0.25) is 0 Å². The topological polar surface area (TPSA) is 72.5 Å². The van der Waals surface area contributed by atoms with Gasteiger partial charge in [-0.2, -0.15) is 8.78 Å². The van der Waals surface area contributed by atoms with Crippen LogP contribution in [-0.4, -0.2) is 23.0 Å². The first kappa shape index (κ1) is 14.2. The molecule has 0 bridgehead atoms. The van der Waals surface area contributed by atoms with Gasteiger partial charge in [0, 0.05) is 12.8 Å². The summed E-state index contributed by atoms with van der Waals surface area (Å²) in [4.78, 5) is 32.5. The number of carbonyl (C=O) groups is 3. The van der Waals surface area contributed by atoms with Gasteiger partial charge in [-0.3, -0.25) is 14.9 Å². The lowest BCUT2D eigenvalue weighted by Gasteiger charge is -2.11. The lowest BCUT2D eigenvalue weighted by molar-refractivity contribution is -0.166. The average molecular weight is 275 g/mol. The van der Waals surface area contributed by atoms with E-state index in [9.17, 15) is 23.2 Å². The molecule has 0 aromatic rings. The molecule has 0 atom stereocenters. The lowest BCUT2D eigenvalue weighted by Crippen LogP contribution is -2.29. The first-order valence-corrected chi connectivity index (χ1v) is 5.44. The molecule has 0 aliphatic carbocycles. The summed E-state index contributed by atoms with van der Waals surface area (Å²) in [7, 11) is 0. The molecule has 96 valence electrons. The van der Waals surface area contributed by atoms with Crippen molar-refractivity contribution >= 4 is 28.9 Å². The summed E-state index contributed by atoms with van der Waals surface area (Å²) < 4.78 is 30.3. The van der Waals surface area contributed by atoms with Crippen molar-refractivity contribution in [2.24, 2.45) is 0 Å². The van der Waals surface area contributed by atoms with Gasteiger partial charge >= 0.3 is 11.9 Å². The minimum Gasteiger partial charge on any atom is -0.429 e. The Morgan fingerprint density at radius 2 is 2.22 bits per heavy atom. The Balaban J connectivity index is 2.61. The quantitative estimate of drug-likeness (QED) is 0.363. The highest BCUT2D eigenvalue weighted by atomic mass is 32.2. The second-order valence-corrected chi connectivity index (χ2v) is 4.15. The SMILES string of the molecule is C#CCCC(F)(F)C(=O)O/C=C1\SC(=O)NC1=O. The highest BCUT2D eigenvalue weighted by molar-refractivity contribution is 8.18.